The largest absolute Gasteiger partial charge is 0.378 e. The quantitative estimate of drug-likeness (QED) is 0.587. The third-order valence-corrected chi connectivity index (χ3v) is 2.36. The molecule has 1 aliphatic heterocycles. The molecule has 1 N–H and O–H groups in total. The molecule has 1 saturated carbocycles. The Balaban J connectivity index is 2.20. The monoisotopic (exact) mass is 143 g/mol. The molecule has 54 valence electrons. The topological polar surface area (TPSA) is 12.0 Å². The highest BCUT2D eigenvalue weighted by molar-refractivity contribution is 5.77. The minimum Gasteiger partial charge on any atom is -0.378 e. The summed E-state index contributed by atoms with van der Waals surface area (Å²) < 4.78 is 0. The zero-order valence-corrected chi connectivity index (χ0v) is 6.17. The van der Waals surface area contributed by atoms with Crippen molar-refractivity contribution in [3.8, 4) is 0 Å². The fraction of sp³-hybridized carbons (Fsp3) is 0.200. The third-order valence-electron chi connectivity index (χ3n) is 2.36. The fourth-order valence-corrected chi connectivity index (χ4v) is 1.62. The van der Waals surface area contributed by atoms with E-state index in [2.05, 4.69) is 35.7 Å². The number of anilines is 1. The van der Waals surface area contributed by atoms with Crippen LogP contribution < -0.4 is 5.32 Å². The van der Waals surface area contributed by atoms with Crippen molar-refractivity contribution >= 4 is 11.8 Å². The smallest absolute Gasteiger partial charge is 0.0516 e. The standard InChI is InChI=1S/C10H9N/c1-2-4-9-7(3-1)5-8-6-10(8)11-9/h1-5,10-11H,6H2. The van der Waals surface area contributed by atoms with Crippen molar-refractivity contribution in [2.75, 3.05) is 5.32 Å². The van der Waals surface area contributed by atoms with Gasteiger partial charge in [-0.05, 0) is 23.6 Å². The van der Waals surface area contributed by atoms with Crippen LogP contribution in [0.25, 0.3) is 6.08 Å². The van der Waals surface area contributed by atoms with Crippen molar-refractivity contribution in [1.82, 2.24) is 0 Å². The summed E-state index contributed by atoms with van der Waals surface area (Å²) in [6.45, 7) is 0. The van der Waals surface area contributed by atoms with Crippen molar-refractivity contribution in [3.63, 3.8) is 0 Å². The average molecular weight is 143 g/mol. The van der Waals surface area contributed by atoms with Gasteiger partial charge in [0.2, 0.25) is 0 Å². The van der Waals surface area contributed by atoms with E-state index < -0.39 is 0 Å². The summed E-state index contributed by atoms with van der Waals surface area (Å²) in [5, 5.41) is 3.47. The molecule has 11 heavy (non-hydrogen) atoms. The Hall–Kier alpha value is -1.24. The predicted molar refractivity (Wildman–Crippen MR) is 46.4 cm³/mol. The van der Waals surface area contributed by atoms with Gasteiger partial charge in [0, 0.05) is 5.69 Å². The first-order valence-electron chi connectivity index (χ1n) is 3.99. The summed E-state index contributed by atoms with van der Waals surface area (Å²) >= 11 is 0. The van der Waals surface area contributed by atoms with E-state index in [1.165, 1.54) is 17.7 Å². The van der Waals surface area contributed by atoms with Gasteiger partial charge in [0.15, 0.2) is 0 Å². The number of para-hydroxylation sites is 1. The van der Waals surface area contributed by atoms with Crippen molar-refractivity contribution in [1.29, 1.82) is 0 Å². The lowest BCUT2D eigenvalue weighted by Crippen LogP contribution is -2.05. The Morgan fingerprint density at radius 1 is 1.27 bits per heavy atom. The van der Waals surface area contributed by atoms with E-state index in [1.807, 2.05) is 0 Å². The Labute approximate surface area is 65.7 Å². The molecule has 0 aromatic heterocycles. The summed E-state index contributed by atoms with van der Waals surface area (Å²) in [4.78, 5) is 0. The van der Waals surface area contributed by atoms with Crippen LogP contribution in [0, 0.1) is 0 Å². The SMILES string of the molecule is C1=C2CC2Nc2ccccc21. The lowest BCUT2D eigenvalue weighted by atomic mass is 10.1. The summed E-state index contributed by atoms with van der Waals surface area (Å²) in [6, 6.07) is 9.13. The van der Waals surface area contributed by atoms with Crippen LogP contribution in [0.4, 0.5) is 5.69 Å². The summed E-state index contributed by atoms with van der Waals surface area (Å²) in [5.41, 5.74) is 4.19. The molecule has 1 aromatic rings. The molecule has 1 nitrogen and oxygen atoms in total. The first kappa shape index (κ1) is 5.42. The molecule has 0 saturated heterocycles. The fourth-order valence-electron chi connectivity index (χ4n) is 1.62. The van der Waals surface area contributed by atoms with Crippen LogP contribution >= 0.6 is 0 Å². The Morgan fingerprint density at radius 3 is 3.18 bits per heavy atom. The van der Waals surface area contributed by atoms with Crippen molar-refractivity contribution in [2.45, 2.75) is 12.5 Å². The minimum atomic E-state index is 0.671. The van der Waals surface area contributed by atoms with Crippen LogP contribution in [0.1, 0.15) is 12.0 Å². The molecule has 0 bridgehead atoms. The highest BCUT2D eigenvalue weighted by Gasteiger charge is 2.32. The van der Waals surface area contributed by atoms with Gasteiger partial charge in [-0.1, -0.05) is 24.3 Å². The molecule has 2 aliphatic rings. The van der Waals surface area contributed by atoms with Gasteiger partial charge in [0.1, 0.15) is 0 Å². The first-order chi connectivity index (χ1) is 5.43. The molecule has 1 fully saturated rings. The number of hydrogen-bond acceptors (Lipinski definition) is 1. The highest BCUT2D eigenvalue weighted by Crippen LogP contribution is 2.40. The normalized spacial score (nSPS) is 24.4. The molecule has 1 aromatic carbocycles. The van der Waals surface area contributed by atoms with Crippen molar-refractivity contribution in [2.24, 2.45) is 0 Å². The van der Waals surface area contributed by atoms with Crippen molar-refractivity contribution in [3.05, 3.63) is 35.4 Å². The molecule has 1 aliphatic carbocycles. The Bertz CT molecular complexity index is 338. The van der Waals surface area contributed by atoms with E-state index in [-0.39, 0.29) is 0 Å². The van der Waals surface area contributed by atoms with Gasteiger partial charge >= 0.3 is 0 Å². The van der Waals surface area contributed by atoms with Gasteiger partial charge in [0.05, 0.1) is 6.04 Å². The minimum absolute atomic E-state index is 0.671. The molecule has 1 atom stereocenters. The molecule has 0 amide bonds. The van der Waals surface area contributed by atoms with Crippen molar-refractivity contribution < 1.29 is 0 Å². The Kier molecular flexibility index (Phi) is 0.823. The lowest BCUT2D eigenvalue weighted by molar-refractivity contribution is 1.18. The van der Waals surface area contributed by atoms with E-state index in [1.54, 1.807) is 5.57 Å². The highest BCUT2D eigenvalue weighted by atomic mass is 15.0. The van der Waals surface area contributed by atoms with Crippen LogP contribution in [0.5, 0.6) is 0 Å². The Morgan fingerprint density at radius 2 is 2.18 bits per heavy atom. The van der Waals surface area contributed by atoms with Crippen LogP contribution in [0.3, 0.4) is 0 Å². The zero-order chi connectivity index (χ0) is 7.26. The lowest BCUT2D eigenvalue weighted by Gasteiger charge is -2.11. The maximum Gasteiger partial charge on any atom is 0.0516 e. The van der Waals surface area contributed by atoms with Gasteiger partial charge < -0.3 is 5.32 Å². The second-order valence-electron chi connectivity index (χ2n) is 3.21. The first-order valence-corrected chi connectivity index (χ1v) is 3.99. The van der Waals surface area contributed by atoms with Crippen LogP contribution in [0.15, 0.2) is 29.8 Å². The van der Waals surface area contributed by atoms with Gasteiger partial charge in [-0.3, -0.25) is 0 Å². The molecule has 1 heteroatoms. The summed E-state index contributed by atoms with van der Waals surface area (Å²) in [7, 11) is 0. The molecular weight excluding hydrogens is 134 g/mol. The predicted octanol–water partition coefficient (Wildman–Crippen LogP) is 2.27. The zero-order valence-electron chi connectivity index (χ0n) is 6.17. The van der Waals surface area contributed by atoms with E-state index in [0.29, 0.717) is 6.04 Å². The van der Waals surface area contributed by atoms with Crippen LogP contribution in [-0.4, -0.2) is 6.04 Å². The summed E-state index contributed by atoms with van der Waals surface area (Å²) in [6.07, 6.45) is 3.55. The number of fused-ring (bicyclic) bond motifs is 2. The third kappa shape index (κ3) is 0.709. The van der Waals surface area contributed by atoms with Gasteiger partial charge in [-0.15, -0.1) is 0 Å². The van der Waals surface area contributed by atoms with Crippen LogP contribution in [-0.2, 0) is 0 Å². The molecule has 0 spiro atoms. The van der Waals surface area contributed by atoms with Gasteiger partial charge in [0.25, 0.3) is 0 Å². The molecule has 0 radical (unpaired) electrons. The van der Waals surface area contributed by atoms with Gasteiger partial charge in [-0.2, -0.15) is 0 Å². The maximum absolute atomic E-state index is 3.47. The van der Waals surface area contributed by atoms with E-state index in [4.69, 9.17) is 0 Å². The number of rotatable bonds is 0. The molecular formula is C10H9N. The molecule has 1 unspecified atom stereocenters. The summed E-state index contributed by atoms with van der Waals surface area (Å²) in [5.74, 6) is 0. The maximum atomic E-state index is 3.47. The van der Waals surface area contributed by atoms with E-state index in [9.17, 15) is 0 Å². The van der Waals surface area contributed by atoms with E-state index in [0.717, 1.165) is 0 Å². The average Bonchev–Trinajstić information content (AvgIpc) is 2.77. The van der Waals surface area contributed by atoms with E-state index >= 15 is 0 Å². The number of hydrogen-bond donors (Lipinski definition) is 1. The number of benzene rings is 1. The van der Waals surface area contributed by atoms with Gasteiger partial charge in [-0.25, -0.2) is 0 Å². The second-order valence-corrected chi connectivity index (χ2v) is 3.21. The van der Waals surface area contributed by atoms with Crippen LogP contribution in [0.2, 0.25) is 0 Å². The second kappa shape index (κ2) is 1.67. The number of nitrogens with one attached hydrogen (secondary N) is 1. The molecule has 1 heterocycles. The molecule has 3 rings (SSSR count).